The van der Waals surface area contributed by atoms with E-state index >= 15 is 0 Å². The van der Waals surface area contributed by atoms with E-state index in [4.69, 9.17) is 11.6 Å². The second kappa shape index (κ2) is 5.65. The van der Waals surface area contributed by atoms with Crippen molar-refractivity contribution < 1.29 is 13.3 Å². The van der Waals surface area contributed by atoms with Crippen molar-refractivity contribution in [2.45, 2.75) is 17.4 Å². The van der Waals surface area contributed by atoms with E-state index in [1.165, 1.54) is 17.4 Å². The van der Waals surface area contributed by atoms with Crippen LogP contribution in [0.2, 0.25) is 5.02 Å². The Balaban J connectivity index is 2.36. The summed E-state index contributed by atoms with van der Waals surface area (Å²) < 4.78 is 26.2. The van der Waals surface area contributed by atoms with Crippen LogP contribution in [0, 0.1) is 10.1 Å². The maximum absolute atomic E-state index is 12.5. The molecule has 0 aliphatic carbocycles. The smallest absolute Gasteiger partial charge is 0.271 e. The van der Waals surface area contributed by atoms with Gasteiger partial charge in [-0.2, -0.15) is 4.31 Å². The molecular formula is C11H14ClN3O4S. The Kier molecular flexibility index (Phi) is 4.28. The second-order valence-electron chi connectivity index (χ2n) is 4.54. The molecule has 0 amide bonds. The van der Waals surface area contributed by atoms with Crippen molar-refractivity contribution >= 4 is 27.3 Å². The molecule has 0 bridgehead atoms. The number of non-ortho nitro benzene ring substituents is 1. The normalized spacial score (nSPS) is 19.4. The minimum absolute atomic E-state index is 0.112. The van der Waals surface area contributed by atoms with E-state index in [1.54, 1.807) is 0 Å². The van der Waals surface area contributed by atoms with Gasteiger partial charge in [0.1, 0.15) is 4.90 Å². The van der Waals surface area contributed by atoms with Crippen LogP contribution in [0.25, 0.3) is 0 Å². The third-order valence-corrected chi connectivity index (χ3v) is 5.72. The van der Waals surface area contributed by atoms with E-state index < -0.39 is 14.9 Å². The number of nitrogens with one attached hydrogen (secondary N) is 1. The molecule has 1 unspecified atom stereocenters. The number of nitro benzene ring substituents is 1. The van der Waals surface area contributed by atoms with Gasteiger partial charge in [0, 0.05) is 31.8 Å². The Morgan fingerprint density at radius 3 is 2.70 bits per heavy atom. The minimum atomic E-state index is -3.76. The van der Waals surface area contributed by atoms with Gasteiger partial charge in [-0.05, 0) is 19.0 Å². The van der Waals surface area contributed by atoms with Crippen LogP contribution in [0.4, 0.5) is 5.69 Å². The number of rotatable bonds is 4. The zero-order valence-corrected chi connectivity index (χ0v) is 12.3. The first-order chi connectivity index (χ1) is 9.34. The summed E-state index contributed by atoms with van der Waals surface area (Å²) >= 11 is 5.88. The van der Waals surface area contributed by atoms with Gasteiger partial charge in [0.05, 0.1) is 9.95 Å². The number of hydrogen-bond acceptors (Lipinski definition) is 5. The maximum Gasteiger partial charge on any atom is 0.271 e. The summed E-state index contributed by atoms with van der Waals surface area (Å²) in [6.07, 6.45) is 0.723. The molecule has 1 aliphatic heterocycles. The molecule has 2 rings (SSSR count). The lowest BCUT2D eigenvalue weighted by atomic mass is 10.3. The molecule has 0 aromatic heterocycles. The fraction of sp³-hybridized carbons (Fsp3) is 0.455. The van der Waals surface area contributed by atoms with Gasteiger partial charge in [0.25, 0.3) is 5.69 Å². The molecule has 9 heteroatoms. The molecule has 1 N–H and O–H groups in total. The average molecular weight is 320 g/mol. The fourth-order valence-corrected chi connectivity index (χ4v) is 4.01. The van der Waals surface area contributed by atoms with E-state index in [-0.39, 0.29) is 21.6 Å². The summed E-state index contributed by atoms with van der Waals surface area (Å²) in [5.41, 5.74) is -0.237. The first kappa shape index (κ1) is 15.2. The summed E-state index contributed by atoms with van der Waals surface area (Å²) in [5.74, 6) is 0. The number of likely N-dealkylation sites (N-methyl/N-ethyl adjacent to an activating group) is 1. The molecule has 0 radical (unpaired) electrons. The first-order valence-corrected chi connectivity index (χ1v) is 7.78. The Labute approximate surface area is 121 Å². The van der Waals surface area contributed by atoms with Crippen molar-refractivity contribution in [2.75, 3.05) is 20.1 Å². The van der Waals surface area contributed by atoms with Gasteiger partial charge in [-0.25, -0.2) is 8.42 Å². The SMILES string of the molecule is CN(C1CCNC1)S(=O)(=O)c1ccc([N+](=O)[O-])cc1Cl. The number of halogens is 1. The third kappa shape index (κ3) is 2.78. The van der Waals surface area contributed by atoms with Crippen LogP contribution in [0.15, 0.2) is 23.1 Å². The highest BCUT2D eigenvalue weighted by molar-refractivity contribution is 7.89. The van der Waals surface area contributed by atoms with Gasteiger partial charge in [0.2, 0.25) is 10.0 Å². The van der Waals surface area contributed by atoms with Crippen LogP contribution >= 0.6 is 11.6 Å². The van der Waals surface area contributed by atoms with Crippen molar-refractivity contribution in [3.05, 3.63) is 33.3 Å². The topological polar surface area (TPSA) is 92.6 Å². The summed E-state index contributed by atoms with van der Waals surface area (Å²) in [4.78, 5) is 9.91. The number of sulfonamides is 1. The lowest BCUT2D eigenvalue weighted by Gasteiger charge is -2.23. The predicted octanol–water partition coefficient (Wildman–Crippen LogP) is 1.23. The number of nitro groups is 1. The van der Waals surface area contributed by atoms with E-state index in [0.717, 1.165) is 25.1 Å². The van der Waals surface area contributed by atoms with E-state index in [1.807, 2.05) is 0 Å². The van der Waals surface area contributed by atoms with E-state index in [2.05, 4.69) is 5.32 Å². The maximum atomic E-state index is 12.5. The van der Waals surface area contributed by atoms with Gasteiger partial charge in [-0.3, -0.25) is 10.1 Å². The molecule has 0 spiro atoms. The highest BCUT2D eigenvalue weighted by atomic mass is 35.5. The van der Waals surface area contributed by atoms with Crippen LogP contribution in [0.1, 0.15) is 6.42 Å². The highest BCUT2D eigenvalue weighted by Crippen LogP contribution is 2.29. The summed E-state index contributed by atoms with van der Waals surface area (Å²) in [5, 5.41) is 13.6. The molecule has 1 aromatic carbocycles. The standard InChI is InChI=1S/C11H14ClN3O4S/c1-14(9-4-5-13-7-9)20(18,19)11-3-2-8(15(16)17)6-10(11)12/h2-3,6,9,13H,4-5,7H2,1H3. The van der Waals surface area contributed by atoms with Gasteiger partial charge in [-0.15, -0.1) is 0 Å². The fourth-order valence-electron chi connectivity index (χ4n) is 2.11. The monoisotopic (exact) mass is 319 g/mol. The summed E-state index contributed by atoms with van der Waals surface area (Å²) in [6, 6.07) is 3.23. The molecule has 110 valence electrons. The lowest BCUT2D eigenvalue weighted by molar-refractivity contribution is -0.384. The van der Waals surface area contributed by atoms with Gasteiger partial charge < -0.3 is 5.32 Å². The minimum Gasteiger partial charge on any atom is -0.315 e. The van der Waals surface area contributed by atoms with Gasteiger partial charge >= 0.3 is 0 Å². The van der Waals surface area contributed by atoms with Crippen molar-refractivity contribution in [3.63, 3.8) is 0 Å². The van der Waals surface area contributed by atoms with Gasteiger partial charge in [0.15, 0.2) is 0 Å². The molecule has 1 aliphatic rings. The number of hydrogen-bond donors (Lipinski definition) is 1. The Bertz CT molecular complexity index is 629. The Morgan fingerprint density at radius 2 is 2.20 bits per heavy atom. The molecular weight excluding hydrogens is 306 g/mol. The zero-order valence-electron chi connectivity index (χ0n) is 10.7. The molecule has 1 atom stereocenters. The number of benzene rings is 1. The molecule has 7 nitrogen and oxygen atoms in total. The summed E-state index contributed by atoms with van der Waals surface area (Å²) in [6.45, 7) is 1.35. The van der Waals surface area contributed by atoms with Gasteiger partial charge in [-0.1, -0.05) is 11.6 Å². The molecule has 1 aromatic rings. The molecule has 0 saturated carbocycles. The second-order valence-corrected chi connectivity index (χ2v) is 6.91. The summed E-state index contributed by atoms with van der Waals surface area (Å²) in [7, 11) is -2.27. The Hall–Kier alpha value is -1.22. The predicted molar refractivity (Wildman–Crippen MR) is 74.3 cm³/mol. The molecule has 1 fully saturated rings. The van der Waals surface area contributed by atoms with Crippen LogP contribution in [0.5, 0.6) is 0 Å². The zero-order chi connectivity index (χ0) is 14.9. The van der Waals surface area contributed by atoms with Crippen LogP contribution in [-0.4, -0.2) is 43.8 Å². The lowest BCUT2D eigenvalue weighted by Crippen LogP contribution is -2.38. The number of nitrogens with zero attached hydrogens (tertiary/aromatic N) is 2. The highest BCUT2D eigenvalue weighted by Gasteiger charge is 2.31. The van der Waals surface area contributed by atoms with Crippen molar-refractivity contribution in [3.8, 4) is 0 Å². The van der Waals surface area contributed by atoms with E-state index in [9.17, 15) is 18.5 Å². The Morgan fingerprint density at radius 1 is 1.50 bits per heavy atom. The quantitative estimate of drug-likeness (QED) is 0.665. The van der Waals surface area contributed by atoms with E-state index in [0.29, 0.717) is 6.54 Å². The molecule has 1 saturated heterocycles. The van der Waals surface area contributed by atoms with Crippen LogP contribution < -0.4 is 5.32 Å². The average Bonchev–Trinajstić information content (AvgIpc) is 2.90. The molecule has 1 heterocycles. The molecule has 20 heavy (non-hydrogen) atoms. The van der Waals surface area contributed by atoms with Crippen molar-refractivity contribution in [1.29, 1.82) is 0 Å². The third-order valence-electron chi connectivity index (χ3n) is 3.33. The van der Waals surface area contributed by atoms with Crippen LogP contribution in [-0.2, 0) is 10.0 Å². The van der Waals surface area contributed by atoms with Crippen molar-refractivity contribution in [2.24, 2.45) is 0 Å². The largest absolute Gasteiger partial charge is 0.315 e. The van der Waals surface area contributed by atoms with Crippen LogP contribution in [0.3, 0.4) is 0 Å². The first-order valence-electron chi connectivity index (χ1n) is 5.96. The van der Waals surface area contributed by atoms with Crippen molar-refractivity contribution in [1.82, 2.24) is 9.62 Å².